The van der Waals surface area contributed by atoms with Gasteiger partial charge in [-0.15, -0.1) is 0 Å². The van der Waals surface area contributed by atoms with Gasteiger partial charge in [0.25, 0.3) is 0 Å². The number of methoxy groups -OCH3 is 1. The summed E-state index contributed by atoms with van der Waals surface area (Å²) in [6.07, 6.45) is 1.01. The molecule has 90 valence electrons. The van der Waals surface area contributed by atoms with Crippen molar-refractivity contribution >= 4 is 0 Å². The maximum atomic E-state index is 9.40. The lowest BCUT2D eigenvalue weighted by atomic mass is 10.0. The Bertz CT molecular complexity index is 315. The van der Waals surface area contributed by atoms with Crippen molar-refractivity contribution in [3.8, 4) is 5.75 Å². The molecule has 3 nitrogen and oxygen atoms in total. The van der Waals surface area contributed by atoms with Gasteiger partial charge in [-0.05, 0) is 37.6 Å². The Labute approximate surface area is 97.4 Å². The van der Waals surface area contributed by atoms with Crippen molar-refractivity contribution < 1.29 is 9.84 Å². The van der Waals surface area contributed by atoms with E-state index in [9.17, 15) is 5.11 Å². The van der Waals surface area contributed by atoms with E-state index in [1.807, 2.05) is 12.1 Å². The fraction of sp³-hybridized carbons (Fsp3) is 0.538. The number of phenols is 1. The van der Waals surface area contributed by atoms with Gasteiger partial charge in [0.1, 0.15) is 5.75 Å². The summed E-state index contributed by atoms with van der Waals surface area (Å²) >= 11 is 0. The monoisotopic (exact) mass is 223 g/mol. The van der Waals surface area contributed by atoms with Gasteiger partial charge in [-0.3, -0.25) is 0 Å². The van der Waals surface area contributed by atoms with Gasteiger partial charge in [0, 0.05) is 13.2 Å². The molecule has 2 unspecified atom stereocenters. The second kappa shape index (κ2) is 6.51. The zero-order valence-corrected chi connectivity index (χ0v) is 10.2. The fourth-order valence-corrected chi connectivity index (χ4v) is 1.77. The summed E-state index contributed by atoms with van der Waals surface area (Å²) in [5, 5.41) is 12.8. The number of hydrogen-bond acceptors (Lipinski definition) is 3. The molecular formula is C13H21NO2. The van der Waals surface area contributed by atoms with Crippen LogP contribution in [-0.2, 0) is 11.2 Å². The van der Waals surface area contributed by atoms with Gasteiger partial charge in [-0.1, -0.05) is 19.1 Å². The van der Waals surface area contributed by atoms with Crippen LogP contribution in [0.15, 0.2) is 24.3 Å². The number of nitrogens with one attached hydrogen (secondary N) is 1. The van der Waals surface area contributed by atoms with Crippen LogP contribution in [0, 0.1) is 0 Å². The van der Waals surface area contributed by atoms with Crippen molar-refractivity contribution in [2.45, 2.75) is 32.4 Å². The Morgan fingerprint density at radius 1 is 1.44 bits per heavy atom. The molecule has 0 fully saturated rings. The van der Waals surface area contributed by atoms with E-state index in [0.29, 0.717) is 5.75 Å². The average Bonchev–Trinajstić information content (AvgIpc) is 2.27. The van der Waals surface area contributed by atoms with Crippen molar-refractivity contribution in [3.63, 3.8) is 0 Å². The highest BCUT2D eigenvalue weighted by Gasteiger charge is 2.16. The number of phenolic OH excluding ortho intramolecular Hbond substituents is 1. The average molecular weight is 223 g/mol. The van der Waals surface area contributed by atoms with E-state index in [4.69, 9.17) is 4.74 Å². The standard InChI is InChI=1S/C13H21NO2/c1-4-14-13(10(2)16-3)9-11-6-5-7-12(15)8-11/h5-8,10,13-15H,4,9H2,1-3H3. The van der Waals surface area contributed by atoms with Crippen LogP contribution in [0.4, 0.5) is 0 Å². The second-order valence-electron chi connectivity index (χ2n) is 3.98. The van der Waals surface area contributed by atoms with Crippen LogP contribution in [-0.4, -0.2) is 30.9 Å². The van der Waals surface area contributed by atoms with Crippen LogP contribution < -0.4 is 5.32 Å². The van der Waals surface area contributed by atoms with E-state index in [1.54, 1.807) is 19.2 Å². The smallest absolute Gasteiger partial charge is 0.115 e. The molecule has 0 aliphatic carbocycles. The Morgan fingerprint density at radius 2 is 2.19 bits per heavy atom. The molecule has 0 aliphatic heterocycles. The summed E-state index contributed by atoms with van der Waals surface area (Å²) in [7, 11) is 1.72. The molecule has 0 aliphatic rings. The predicted molar refractivity (Wildman–Crippen MR) is 65.7 cm³/mol. The third-order valence-electron chi connectivity index (χ3n) is 2.77. The van der Waals surface area contributed by atoms with Gasteiger partial charge in [0.2, 0.25) is 0 Å². The number of aromatic hydroxyl groups is 1. The number of likely N-dealkylation sites (N-methyl/N-ethyl adjacent to an activating group) is 1. The molecular weight excluding hydrogens is 202 g/mol. The summed E-state index contributed by atoms with van der Waals surface area (Å²) in [5.41, 5.74) is 1.12. The highest BCUT2D eigenvalue weighted by molar-refractivity contribution is 5.27. The first-order chi connectivity index (χ1) is 7.67. The Morgan fingerprint density at radius 3 is 2.75 bits per heavy atom. The number of hydrogen-bond donors (Lipinski definition) is 2. The summed E-state index contributed by atoms with van der Waals surface area (Å²) < 4.78 is 5.34. The van der Waals surface area contributed by atoms with Crippen LogP contribution in [0.5, 0.6) is 5.75 Å². The van der Waals surface area contributed by atoms with Gasteiger partial charge in [-0.2, -0.15) is 0 Å². The van der Waals surface area contributed by atoms with E-state index in [1.165, 1.54) is 0 Å². The first-order valence-electron chi connectivity index (χ1n) is 5.71. The zero-order valence-electron chi connectivity index (χ0n) is 10.2. The van der Waals surface area contributed by atoms with Crippen LogP contribution >= 0.6 is 0 Å². The topological polar surface area (TPSA) is 41.5 Å². The number of benzene rings is 1. The Hall–Kier alpha value is -1.06. The first-order valence-corrected chi connectivity index (χ1v) is 5.71. The summed E-state index contributed by atoms with van der Waals surface area (Å²) in [4.78, 5) is 0. The van der Waals surface area contributed by atoms with Crippen molar-refractivity contribution in [2.24, 2.45) is 0 Å². The van der Waals surface area contributed by atoms with E-state index in [0.717, 1.165) is 18.5 Å². The van der Waals surface area contributed by atoms with Gasteiger partial charge in [-0.25, -0.2) is 0 Å². The van der Waals surface area contributed by atoms with Crippen molar-refractivity contribution in [3.05, 3.63) is 29.8 Å². The summed E-state index contributed by atoms with van der Waals surface area (Å²) in [6, 6.07) is 7.65. The maximum Gasteiger partial charge on any atom is 0.115 e. The minimum Gasteiger partial charge on any atom is -0.508 e. The molecule has 0 spiro atoms. The highest BCUT2D eigenvalue weighted by Crippen LogP contribution is 2.14. The molecule has 0 aromatic heterocycles. The van der Waals surface area contributed by atoms with Gasteiger partial charge in [0.15, 0.2) is 0 Å². The van der Waals surface area contributed by atoms with Crippen LogP contribution in [0.25, 0.3) is 0 Å². The maximum absolute atomic E-state index is 9.40. The molecule has 0 amide bonds. The fourth-order valence-electron chi connectivity index (χ4n) is 1.77. The van der Waals surface area contributed by atoms with E-state index < -0.39 is 0 Å². The predicted octanol–water partition coefficient (Wildman–Crippen LogP) is 1.95. The lowest BCUT2D eigenvalue weighted by molar-refractivity contribution is 0.0836. The van der Waals surface area contributed by atoms with E-state index in [2.05, 4.69) is 19.2 Å². The second-order valence-corrected chi connectivity index (χ2v) is 3.98. The largest absolute Gasteiger partial charge is 0.508 e. The normalized spacial score (nSPS) is 14.7. The van der Waals surface area contributed by atoms with Crippen molar-refractivity contribution in [1.82, 2.24) is 5.32 Å². The minimum atomic E-state index is 0.155. The molecule has 0 heterocycles. The molecule has 0 bridgehead atoms. The summed E-state index contributed by atoms with van der Waals surface area (Å²) in [5.74, 6) is 0.317. The molecule has 2 N–H and O–H groups in total. The van der Waals surface area contributed by atoms with Crippen molar-refractivity contribution in [1.29, 1.82) is 0 Å². The van der Waals surface area contributed by atoms with Crippen LogP contribution in [0.3, 0.4) is 0 Å². The first kappa shape index (κ1) is 13.0. The molecule has 0 saturated heterocycles. The van der Waals surface area contributed by atoms with Crippen molar-refractivity contribution in [2.75, 3.05) is 13.7 Å². The van der Waals surface area contributed by atoms with Gasteiger partial charge in [0.05, 0.1) is 6.10 Å². The van der Waals surface area contributed by atoms with Gasteiger partial charge >= 0.3 is 0 Å². The molecule has 2 atom stereocenters. The Kier molecular flexibility index (Phi) is 5.29. The van der Waals surface area contributed by atoms with Crippen LogP contribution in [0.1, 0.15) is 19.4 Å². The van der Waals surface area contributed by atoms with Crippen LogP contribution in [0.2, 0.25) is 0 Å². The molecule has 1 aromatic carbocycles. The molecule has 16 heavy (non-hydrogen) atoms. The lowest BCUT2D eigenvalue weighted by Crippen LogP contribution is -2.40. The molecule has 0 radical (unpaired) electrons. The Balaban J connectivity index is 2.67. The third kappa shape index (κ3) is 3.83. The molecule has 3 heteroatoms. The SMILES string of the molecule is CCNC(Cc1cccc(O)c1)C(C)OC. The third-order valence-corrected chi connectivity index (χ3v) is 2.77. The van der Waals surface area contributed by atoms with E-state index >= 15 is 0 Å². The van der Waals surface area contributed by atoms with Gasteiger partial charge < -0.3 is 15.2 Å². The quantitative estimate of drug-likeness (QED) is 0.774. The number of ether oxygens (including phenoxy) is 1. The zero-order chi connectivity index (χ0) is 12.0. The highest BCUT2D eigenvalue weighted by atomic mass is 16.5. The molecule has 1 rings (SSSR count). The van der Waals surface area contributed by atoms with E-state index in [-0.39, 0.29) is 12.1 Å². The number of rotatable bonds is 6. The lowest BCUT2D eigenvalue weighted by Gasteiger charge is -2.23. The molecule has 0 saturated carbocycles. The molecule has 1 aromatic rings. The summed E-state index contributed by atoms with van der Waals surface area (Å²) in [6.45, 7) is 5.05. The minimum absolute atomic E-state index is 0.155.